The monoisotopic (exact) mass is 511 g/mol. The van der Waals surface area contributed by atoms with E-state index in [1.54, 1.807) is 49.9 Å². The zero-order valence-electron chi connectivity index (χ0n) is 21.6. The van der Waals surface area contributed by atoms with Gasteiger partial charge in [0.1, 0.15) is 41.1 Å². The van der Waals surface area contributed by atoms with Crippen molar-refractivity contribution in [3.05, 3.63) is 66.0 Å². The Labute approximate surface area is 214 Å². The molecule has 0 aliphatic carbocycles. The van der Waals surface area contributed by atoms with Gasteiger partial charge in [0.15, 0.2) is 0 Å². The second-order valence-electron chi connectivity index (χ2n) is 10.4. The van der Waals surface area contributed by atoms with E-state index in [0.717, 1.165) is 0 Å². The first kappa shape index (κ1) is 26.1. The Morgan fingerprint density at radius 3 is 2.19 bits per heavy atom. The summed E-state index contributed by atoms with van der Waals surface area (Å²) >= 11 is 0. The first-order valence-corrected chi connectivity index (χ1v) is 12.0. The summed E-state index contributed by atoms with van der Waals surface area (Å²) in [7, 11) is 0. The number of alkyl carbamates (subject to hydrolysis) is 1. The zero-order chi connectivity index (χ0) is 27.0. The maximum absolute atomic E-state index is 13.6. The average Bonchev–Trinajstić information content (AvgIpc) is 3.18. The molecule has 1 aromatic heterocycles. The molecule has 8 nitrogen and oxygen atoms in total. The third-order valence-corrected chi connectivity index (χ3v) is 6.05. The molecule has 10 heteroatoms. The number of ether oxygens (including phenoxy) is 1. The van der Waals surface area contributed by atoms with Crippen LogP contribution in [0.25, 0.3) is 11.3 Å². The predicted octanol–water partition coefficient (Wildman–Crippen LogP) is 5.17. The van der Waals surface area contributed by atoms with Gasteiger partial charge in [-0.2, -0.15) is 0 Å². The van der Waals surface area contributed by atoms with E-state index in [-0.39, 0.29) is 24.1 Å². The number of hydrogen-bond donors (Lipinski definition) is 2. The predicted molar refractivity (Wildman–Crippen MR) is 136 cm³/mol. The Bertz CT molecular complexity index is 1300. The molecular weight excluding hydrogens is 480 g/mol. The van der Waals surface area contributed by atoms with Crippen molar-refractivity contribution in [2.45, 2.75) is 52.3 Å². The molecule has 196 valence electrons. The molecule has 37 heavy (non-hydrogen) atoms. The normalized spacial score (nSPS) is 14.6. The number of nitrogens with zero attached hydrogens (tertiary/aromatic N) is 3. The first-order valence-electron chi connectivity index (χ1n) is 12.0. The Morgan fingerprint density at radius 1 is 1.00 bits per heavy atom. The highest BCUT2D eigenvalue weighted by Gasteiger charge is 2.41. The Kier molecular flexibility index (Phi) is 6.94. The number of benzene rings is 2. The van der Waals surface area contributed by atoms with Crippen LogP contribution in [0.4, 0.5) is 25.1 Å². The molecule has 0 atom stereocenters. The van der Waals surface area contributed by atoms with E-state index in [1.807, 2.05) is 18.4 Å². The molecule has 0 bridgehead atoms. The summed E-state index contributed by atoms with van der Waals surface area (Å²) in [5.74, 6) is 0.278. The van der Waals surface area contributed by atoms with Crippen molar-refractivity contribution in [2.24, 2.45) is 0 Å². The van der Waals surface area contributed by atoms with E-state index in [4.69, 9.17) is 9.72 Å². The molecule has 2 heterocycles. The molecule has 0 unspecified atom stereocenters. The number of halogens is 2. The molecule has 2 N–H and O–H groups in total. The van der Waals surface area contributed by atoms with Crippen LogP contribution in [-0.4, -0.2) is 45.1 Å². The molecule has 1 aliphatic heterocycles. The molecule has 0 saturated carbocycles. The van der Waals surface area contributed by atoms with Gasteiger partial charge < -0.3 is 24.8 Å². The maximum atomic E-state index is 13.6. The summed E-state index contributed by atoms with van der Waals surface area (Å²) in [4.78, 5) is 31.8. The van der Waals surface area contributed by atoms with Crippen molar-refractivity contribution in [1.82, 2.24) is 19.8 Å². The minimum atomic E-state index is -0.831. The smallest absolute Gasteiger partial charge is 0.408 e. The SMILES string of the molecule is CC(C)(C)OC(=O)NCC(=O)N1CCn2c(nc(-c3ccc(F)cc3)c2Nc2ccc(F)cc2)C1(C)C. The number of nitrogens with one attached hydrogen (secondary N) is 2. The van der Waals surface area contributed by atoms with Crippen molar-refractivity contribution in [1.29, 1.82) is 0 Å². The standard InChI is InChI=1S/C27H31F2N5O3/c1-26(2,3)37-25(36)30-16-21(35)34-15-14-33-23(31-20-12-10-19(29)11-13-20)22(32-24(33)27(34,4)5)17-6-8-18(28)9-7-17/h6-13,31H,14-16H2,1-5H3,(H,30,36). The second-order valence-corrected chi connectivity index (χ2v) is 10.4. The Balaban J connectivity index is 1.66. The molecule has 2 aromatic carbocycles. The number of carbonyl (C=O) groups is 2. The third kappa shape index (κ3) is 5.73. The number of amides is 2. The third-order valence-electron chi connectivity index (χ3n) is 6.05. The molecule has 4 rings (SSSR count). The van der Waals surface area contributed by atoms with Gasteiger partial charge in [-0.15, -0.1) is 0 Å². The zero-order valence-corrected chi connectivity index (χ0v) is 21.6. The summed E-state index contributed by atoms with van der Waals surface area (Å²) in [6.07, 6.45) is -0.665. The molecule has 3 aromatic rings. The number of fused-ring (bicyclic) bond motifs is 1. The molecule has 2 amide bonds. The van der Waals surface area contributed by atoms with Gasteiger partial charge >= 0.3 is 6.09 Å². The van der Waals surface area contributed by atoms with E-state index in [2.05, 4.69) is 10.6 Å². The highest BCUT2D eigenvalue weighted by molar-refractivity contribution is 5.83. The van der Waals surface area contributed by atoms with Crippen LogP contribution in [0.1, 0.15) is 40.4 Å². The van der Waals surface area contributed by atoms with E-state index in [9.17, 15) is 18.4 Å². The lowest BCUT2D eigenvalue weighted by Gasteiger charge is -2.42. The lowest BCUT2D eigenvalue weighted by atomic mass is 9.99. The fraction of sp³-hybridized carbons (Fsp3) is 0.370. The summed E-state index contributed by atoms with van der Waals surface area (Å²) in [5.41, 5.74) is 0.419. The van der Waals surface area contributed by atoms with E-state index < -0.39 is 17.2 Å². The van der Waals surface area contributed by atoms with Gasteiger partial charge in [0, 0.05) is 24.3 Å². The molecular formula is C27H31F2N5O3. The summed E-state index contributed by atoms with van der Waals surface area (Å²) in [6.45, 7) is 9.58. The van der Waals surface area contributed by atoms with Crippen LogP contribution >= 0.6 is 0 Å². The van der Waals surface area contributed by atoms with E-state index in [1.165, 1.54) is 24.3 Å². The topological polar surface area (TPSA) is 88.5 Å². The van der Waals surface area contributed by atoms with Crippen molar-refractivity contribution < 1.29 is 23.1 Å². The molecule has 0 radical (unpaired) electrons. The van der Waals surface area contributed by atoms with Gasteiger partial charge in [0.05, 0.1) is 5.54 Å². The van der Waals surface area contributed by atoms with Crippen LogP contribution in [0.2, 0.25) is 0 Å². The van der Waals surface area contributed by atoms with E-state index >= 15 is 0 Å². The van der Waals surface area contributed by atoms with Gasteiger partial charge in [0.25, 0.3) is 0 Å². The van der Waals surface area contributed by atoms with Gasteiger partial charge in [0.2, 0.25) is 5.91 Å². The quantitative estimate of drug-likeness (QED) is 0.493. The van der Waals surface area contributed by atoms with E-state index in [0.29, 0.717) is 41.7 Å². The first-order chi connectivity index (χ1) is 17.3. The Hall–Kier alpha value is -3.95. The maximum Gasteiger partial charge on any atom is 0.408 e. The lowest BCUT2D eigenvalue weighted by molar-refractivity contribution is -0.137. The minimum absolute atomic E-state index is 0.218. The number of rotatable bonds is 5. The van der Waals surface area contributed by atoms with Crippen LogP contribution in [-0.2, 0) is 21.6 Å². The summed E-state index contributed by atoms with van der Waals surface area (Å²) < 4.78 is 34.3. The number of anilines is 2. The van der Waals surface area contributed by atoms with Crippen LogP contribution in [0.5, 0.6) is 0 Å². The number of hydrogen-bond acceptors (Lipinski definition) is 5. The fourth-order valence-corrected chi connectivity index (χ4v) is 4.34. The van der Waals surface area contributed by atoms with Crippen LogP contribution in [0, 0.1) is 11.6 Å². The molecule has 0 saturated heterocycles. The lowest BCUT2D eigenvalue weighted by Crippen LogP contribution is -2.54. The van der Waals surface area contributed by atoms with Gasteiger partial charge in [-0.25, -0.2) is 18.6 Å². The molecule has 0 fully saturated rings. The largest absolute Gasteiger partial charge is 0.444 e. The van der Waals surface area contributed by atoms with Crippen LogP contribution in [0.15, 0.2) is 48.5 Å². The Morgan fingerprint density at radius 2 is 1.59 bits per heavy atom. The van der Waals surface area contributed by atoms with Gasteiger partial charge in [-0.05, 0) is 83.1 Å². The van der Waals surface area contributed by atoms with Gasteiger partial charge in [-0.3, -0.25) is 4.79 Å². The number of carbonyl (C=O) groups excluding carboxylic acids is 2. The highest BCUT2D eigenvalue weighted by Crippen LogP contribution is 2.39. The van der Waals surface area contributed by atoms with Crippen LogP contribution < -0.4 is 10.6 Å². The summed E-state index contributed by atoms with van der Waals surface area (Å²) in [5, 5.41) is 5.85. The van der Waals surface area contributed by atoms with Crippen molar-refractivity contribution in [2.75, 3.05) is 18.4 Å². The molecule has 1 aliphatic rings. The van der Waals surface area contributed by atoms with Crippen molar-refractivity contribution in [3.63, 3.8) is 0 Å². The number of imidazole rings is 1. The highest BCUT2D eigenvalue weighted by atomic mass is 19.1. The molecule has 0 spiro atoms. The van der Waals surface area contributed by atoms with Gasteiger partial charge in [-0.1, -0.05) is 0 Å². The van der Waals surface area contributed by atoms with Crippen molar-refractivity contribution >= 4 is 23.5 Å². The minimum Gasteiger partial charge on any atom is -0.444 e. The average molecular weight is 512 g/mol. The number of aromatic nitrogens is 2. The summed E-state index contributed by atoms with van der Waals surface area (Å²) in [6, 6.07) is 12.0. The van der Waals surface area contributed by atoms with Crippen LogP contribution in [0.3, 0.4) is 0 Å². The second kappa shape index (κ2) is 9.84. The van der Waals surface area contributed by atoms with Crippen molar-refractivity contribution in [3.8, 4) is 11.3 Å². The fourth-order valence-electron chi connectivity index (χ4n) is 4.34.